The molecule has 9 heteroatoms. The van der Waals surface area contributed by atoms with E-state index in [1.807, 2.05) is 13.0 Å². The van der Waals surface area contributed by atoms with Crippen molar-refractivity contribution in [2.75, 3.05) is 58.4 Å². The fourth-order valence-electron chi connectivity index (χ4n) is 3.30. The highest BCUT2D eigenvalue weighted by Gasteiger charge is 2.21. The van der Waals surface area contributed by atoms with Gasteiger partial charge in [-0.05, 0) is 30.7 Å². The van der Waals surface area contributed by atoms with E-state index in [2.05, 4.69) is 30.1 Å². The summed E-state index contributed by atoms with van der Waals surface area (Å²) in [5, 5.41) is 14.0. The van der Waals surface area contributed by atoms with Gasteiger partial charge in [-0.15, -0.1) is 0 Å². The topological polar surface area (TPSA) is 95.3 Å². The Bertz CT molecular complexity index is 802. The Morgan fingerprint density at radius 1 is 1.10 bits per heavy atom. The van der Waals surface area contributed by atoms with Crippen LogP contribution in [0, 0.1) is 0 Å². The summed E-state index contributed by atoms with van der Waals surface area (Å²) in [5.74, 6) is 2.82. The van der Waals surface area contributed by atoms with Gasteiger partial charge in [0, 0.05) is 51.2 Å². The molecule has 3 rings (SSSR count). The minimum Gasteiger partial charge on any atom is -0.497 e. The highest BCUT2D eigenvalue weighted by molar-refractivity contribution is 5.80. The molecule has 162 valence electrons. The number of hydrogen-bond donors (Lipinski definition) is 2. The Hall–Kier alpha value is -3.07. The molecule has 2 heterocycles. The first-order valence-corrected chi connectivity index (χ1v) is 10.1. The molecule has 1 atom stereocenters. The van der Waals surface area contributed by atoms with Crippen LogP contribution < -0.4 is 19.7 Å². The Kier molecular flexibility index (Phi) is 7.67. The Labute approximate surface area is 177 Å². The molecule has 2 aromatic rings. The average Bonchev–Trinajstić information content (AvgIpc) is 2.81. The monoisotopic (exact) mass is 414 g/mol. The third-order valence-electron chi connectivity index (χ3n) is 4.92. The molecule has 1 aromatic heterocycles. The van der Waals surface area contributed by atoms with Gasteiger partial charge in [-0.1, -0.05) is 0 Å². The normalized spacial score (nSPS) is 15.7. The second kappa shape index (κ2) is 10.6. The first-order valence-electron chi connectivity index (χ1n) is 10.1. The Morgan fingerprint density at radius 3 is 2.30 bits per heavy atom. The predicted molar refractivity (Wildman–Crippen MR) is 116 cm³/mol. The lowest BCUT2D eigenvalue weighted by atomic mass is 10.1. The van der Waals surface area contributed by atoms with Crippen LogP contribution in [0.2, 0.25) is 0 Å². The third-order valence-corrected chi connectivity index (χ3v) is 4.92. The number of aliphatic hydroxyl groups is 1. The molecule has 1 unspecified atom stereocenters. The number of piperazine rings is 1. The molecule has 1 fully saturated rings. The van der Waals surface area contributed by atoms with Gasteiger partial charge < -0.3 is 29.7 Å². The molecule has 1 aliphatic rings. The summed E-state index contributed by atoms with van der Waals surface area (Å²) < 4.78 is 10.6. The summed E-state index contributed by atoms with van der Waals surface area (Å²) in [4.78, 5) is 17.7. The van der Waals surface area contributed by atoms with Crippen molar-refractivity contribution in [2.45, 2.75) is 13.0 Å². The number of aromatic nitrogens is 2. The molecule has 1 aliphatic heterocycles. The van der Waals surface area contributed by atoms with E-state index < -0.39 is 6.10 Å². The molecule has 0 radical (unpaired) electrons. The van der Waals surface area contributed by atoms with Crippen molar-refractivity contribution in [2.24, 2.45) is 4.99 Å². The van der Waals surface area contributed by atoms with E-state index >= 15 is 0 Å². The number of nitrogens with one attached hydrogen (secondary N) is 1. The number of nitrogens with zero attached hydrogens (tertiary/aromatic N) is 5. The number of aliphatic imine (C=N–C) groups is 1. The molecule has 1 aromatic carbocycles. The highest BCUT2D eigenvalue weighted by atomic mass is 16.5. The van der Waals surface area contributed by atoms with Gasteiger partial charge in [0.2, 0.25) is 5.95 Å². The molecule has 30 heavy (non-hydrogen) atoms. The quantitative estimate of drug-likeness (QED) is 0.517. The average molecular weight is 415 g/mol. The summed E-state index contributed by atoms with van der Waals surface area (Å²) in [6.07, 6.45) is 2.76. The number of benzene rings is 1. The molecule has 0 saturated carbocycles. The number of guanidine groups is 1. The van der Waals surface area contributed by atoms with Gasteiger partial charge in [-0.25, -0.2) is 9.97 Å². The molecular weight excluding hydrogens is 384 g/mol. The molecule has 0 spiro atoms. The summed E-state index contributed by atoms with van der Waals surface area (Å²) in [6, 6.07) is 7.20. The van der Waals surface area contributed by atoms with E-state index in [0.29, 0.717) is 17.1 Å². The maximum atomic E-state index is 10.7. The van der Waals surface area contributed by atoms with Crippen LogP contribution in [0.5, 0.6) is 11.5 Å². The van der Waals surface area contributed by atoms with Gasteiger partial charge in [-0.3, -0.25) is 4.99 Å². The number of rotatable bonds is 7. The van der Waals surface area contributed by atoms with Crippen molar-refractivity contribution in [3.05, 3.63) is 42.2 Å². The minimum absolute atomic E-state index is 0.237. The van der Waals surface area contributed by atoms with Gasteiger partial charge in [0.05, 0.1) is 26.9 Å². The molecule has 0 aliphatic carbocycles. The molecule has 0 bridgehead atoms. The number of aliphatic hydroxyl groups excluding tert-OH is 1. The van der Waals surface area contributed by atoms with Crippen LogP contribution in [0.4, 0.5) is 5.95 Å². The number of methoxy groups -OCH3 is 2. The lowest BCUT2D eigenvalue weighted by Crippen LogP contribution is -2.53. The number of hydrogen-bond acceptors (Lipinski definition) is 7. The SMILES string of the molecule is CCNC(=NCC(O)c1cc(OC)cc(OC)c1)N1CCN(c2ncccn2)CC1. The molecule has 1 saturated heterocycles. The molecule has 2 N–H and O–H groups in total. The second-order valence-corrected chi connectivity index (χ2v) is 6.88. The van der Waals surface area contributed by atoms with E-state index in [1.165, 1.54) is 0 Å². The van der Waals surface area contributed by atoms with Crippen LogP contribution in [0.25, 0.3) is 0 Å². The lowest BCUT2D eigenvalue weighted by molar-refractivity contribution is 0.185. The van der Waals surface area contributed by atoms with E-state index in [4.69, 9.17) is 9.47 Å². The zero-order valence-corrected chi connectivity index (χ0v) is 17.8. The zero-order valence-electron chi connectivity index (χ0n) is 17.8. The van der Waals surface area contributed by atoms with Gasteiger partial charge in [0.1, 0.15) is 11.5 Å². The maximum absolute atomic E-state index is 10.7. The smallest absolute Gasteiger partial charge is 0.225 e. The van der Waals surface area contributed by atoms with E-state index in [1.54, 1.807) is 44.8 Å². The summed E-state index contributed by atoms with van der Waals surface area (Å²) in [6.45, 7) is 6.24. The number of anilines is 1. The van der Waals surface area contributed by atoms with Crippen LogP contribution in [0.15, 0.2) is 41.7 Å². The Balaban J connectivity index is 1.65. The van der Waals surface area contributed by atoms with Crippen molar-refractivity contribution in [1.29, 1.82) is 0 Å². The van der Waals surface area contributed by atoms with Crippen LogP contribution in [0.3, 0.4) is 0 Å². The van der Waals surface area contributed by atoms with Crippen molar-refractivity contribution in [1.82, 2.24) is 20.2 Å². The zero-order chi connectivity index (χ0) is 21.3. The molecule has 0 amide bonds. The lowest BCUT2D eigenvalue weighted by Gasteiger charge is -2.36. The largest absolute Gasteiger partial charge is 0.497 e. The predicted octanol–water partition coefficient (Wildman–Crippen LogP) is 1.31. The van der Waals surface area contributed by atoms with Crippen molar-refractivity contribution in [3.8, 4) is 11.5 Å². The van der Waals surface area contributed by atoms with E-state index in [0.717, 1.165) is 44.6 Å². The Morgan fingerprint density at radius 2 is 1.73 bits per heavy atom. The fraction of sp³-hybridized carbons (Fsp3) is 0.476. The third kappa shape index (κ3) is 5.50. The van der Waals surface area contributed by atoms with Crippen LogP contribution in [-0.2, 0) is 0 Å². The van der Waals surface area contributed by atoms with Crippen molar-refractivity contribution in [3.63, 3.8) is 0 Å². The fourth-order valence-corrected chi connectivity index (χ4v) is 3.30. The maximum Gasteiger partial charge on any atom is 0.225 e. The minimum atomic E-state index is -0.762. The van der Waals surface area contributed by atoms with E-state index in [9.17, 15) is 5.11 Å². The van der Waals surface area contributed by atoms with Gasteiger partial charge >= 0.3 is 0 Å². The number of ether oxygens (including phenoxy) is 2. The van der Waals surface area contributed by atoms with Crippen molar-refractivity contribution >= 4 is 11.9 Å². The van der Waals surface area contributed by atoms with E-state index in [-0.39, 0.29) is 6.54 Å². The second-order valence-electron chi connectivity index (χ2n) is 6.88. The molecular formula is C21H30N6O3. The van der Waals surface area contributed by atoms with Gasteiger partial charge in [0.25, 0.3) is 0 Å². The summed E-state index contributed by atoms with van der Waals surface area (Å²) in [7, 11) is 3.18. The standard InChI is InChI=1S/C21H30N6O3/c1-4-22-20(26-8-10-27(11-9-26)21-23-6-5-7-24-21)25-15-19(28)16-12-17(29-2)14-18(13-16)30-3/h5-7,12-14,19,28H,4,8-11,15H2,1-3H3,(H,22,25). The van der Waals surface area contributed by atoms with Crippen LogP contribution in [-0.4, -0.2) is 79.4 Å². The van der Waals surface area contributed by atoms with Gasteiger partial charge in [0.15, 0.2) is 5.96 Å². The van der Waals surface area contributed by atoms with Gasteiger partial charge in [-0.2, -0.15) is 0 Å². The highest BCUT2D eigenvalue weighted by Crippen LogP contribution is 2.26. The summed E-state index contributed by atoms with van der Waals surface area (Å²) >= 11 is 0. The van der Waals surface area contributed by atoms with Crippen LogP contribution >= 0.6 is 0 Å². The summed E-state index contributed by atoms with van der Waals surface area (Å²) in [5.41, 5.74) is 0.705. The first-order chi connectivity index (χ1) is 14.6. The molecule has 9 nitrogen and oxygen atoms in total. The first kappa shape index (κ1) is 21.6. The van der Waals surface area contributed by atoms with Crippen LogP contribution in [0.1, 0.15) is 18.6 Å². The van der Waals surface area contributed by atoms with Crippen molar-refractivity contribution < 1.29 is 14.6 Å².